The summed E-state index contributed by atoms with van der Waals surface area (Å²) in [6.45, 7) is 5.26. The SMILES string of the molecule is CC(C)CC(O)CNCc1nnnn1-c1ccccc1. The Hall–Kier alpha value is -1.79. The zero-order valence-corrected chi connectivity index (χ0v) is 11.9. The third kappa shape index (κ3) is 4.11. The third-order valence-corrected chi connectivity index (χ3v) is 2.94. The minimum Gasteiger partial charge on any atom is -0.392 e. The van der Waals surface area contributed by atoms with Gasteiger partial charge in [-0.15, -0.1) is 5.10 Å². The van der Waals surface area contributed by atoms with Crippen molar-refractivity contribution < 1.29 is 5.11 Å². The summed E-state index contributed by atoms with van der Waals surface area (Å²) in [5, 5.41) is 24.7. The van der Waals surface area contributed by atoms with Crippen LogP contribution >= 0.6 is 0 Å². The van der Waals surface area contributed by atoms with Gasteiger partial charge in [0.25, 0.3) is 0 Å². The summed E-state index contributed by atoms with van der Waals surface area (Å²) in [6.07, 6.45) is 0.451. The molecule has 20 heavy (non-hydrogen) atoms. The Bertz CT molecular complexity index is 511. The van der Waals surface area contributed by atoms with Crippen LogP contribution in [0.25, 0.3) is 5.69 Å². The van der Waals surface area contributed by atoms with Crippen LogP contribution in [0.3, 0.4) is 0 Å². The van der Waals surface area contributed by atoms with Crippen LogP contribution in [0, 0.1) is 5.92 Å². The van der Waals surface area contributed by atoms with Crippen molar-refractivity contribution in [3.63, 3.8) is 0 Å². The maximum Gasteiger partial charge on any atom is 0.170 e. The smallest absolute Gasteiger partial charge is 0.170 e. The number of para-hydroxylation sites is 1. The highest BCUT2D eigenvalue weighted by Gasteiger charge is 2.10. The van der Waals surface area contributed by atoms with Crippen LogP contribution in [0.5, 0.6) is 0 Å². The molecule has 1 atom stereocenters. The second-order valence-electron chi connectivity index (χ2n) is 5.26. The standard InChI is InChI=1S/C14H21N5O/c1-11(2)8-13(20)9-15-10-14-16-17-18-19(14)12-6-4-3-5-7-12/h3-7,11,13,15,20H,8-10H2,1-2H3. The van der Waals surface area contributed by atoms with Gasteiger partial charge in [0.1, 0.15) is 0 Å². The van der Waals surface area contributed by atoms with E-state index in [0.29, 0.717) is 19.0 Å². The lowest BCUT2D eigenvalue weighted by atomic mass is 10.1. The van der Waals surface area contributed by atoms with Crippen LogP contribution in [0.2, 0.25) is 0 Å². The second-order valence-corrected chi connectivity index (χ2v) is 5.26. The van der Waals surface area contributed by atoms with Gasteiger partial charge in [-0.2, -0.15) is 4.68 Å². The first-order chi connectivity index (χ1) is 9.66. The molecule has 0 amide bonds. The summed E-state index contributed by atoms with van der Waals surface area (Å²) in [5.74, 6) is 1.22. The van der Waals surface area contributed by atoms with Crippen molar-refractivity contribution in [3.05, 3.63) is 36.2 Å². The molecule has 0 saturated heterocycles. The fourth-order valence-electron chi connectivity index (χ4n) is 2.06. The van der Waals surface area contributed by atoms with Gasteiger partial charge in [0, 0.05) is 6.54 Å². The minimum absolute atomic E-state index is 0.337. The summed E-state index contributed by atoms with van der Waals surface area (Å²) in [6, 6.07) is 9.75. The van der Waals surface area contributed by atoms with Gasteiger partial charge in [0.2, 0.25) is 0 Å². The van der Waals surface area contributed by atoms with Crippen LogP contribution in [0.4, 0.5) is 0 Å². The maximum atomic E-state index is 9.81. The minimum atomic E-state index is -0.337. The summed E-state index contributed by atoms with van der Waals surface area (Å²) in [7, 11) is 0. The van der Waals surface area contributed by atoms with Gasteiger partial charge >= 0.3 is 0 Å². The van der Waals surface area contributed by atoms with E-state index in [4.69, 9.17) is 0 Å². The number of benzene rings is 1. The van der Waals surface area contributed by atoms with E-state index in [-0.39, 0.29) is 6.10 Å². The van der Waals surface area contributed by atoms with Crippen LogP contribution in [0.15, 0.2) is 30.3 Å². The molecule has 6 heteroatoms. The highest BCUT2D eigenvalue weighted by Crippen LogP contribution is 2.07. The molecule has 0 fully saturated rings. The topological polar surface area (TPSA) is 75.9 Å². The molecule has 0 saturated carbocycles. The lowest BCUT2D eigenvalue weighted by molar-refractivity contribution is 0.146. The van der Waals surface area contributed by atoms with Crippen molar-refractivity contribution in [2.24, 2.45) is 5.92 Å². The number of hydrogen-bond acceptors (Lipinski definition) is 5. The van der Waals surface area contributed by atoms with Crippen LogP contribution in [-0.4, -0.2) is 38.0 Å². The first-order valence-corrected chi connectivity index (χ1v) is 6.88. The lowest BCUT2D eigenvalue weighted by Gasteiger charge is -2.13. The Morgan fingerprint density at radius 2 is 2.00 bits per heavy atom. The summed E-state index contributed by atoms with van der Waals surface area (Å²) in [5.41, 5.74) is 0.928. The predicted molar refractivity (Wildman–Crippen MR) is 76.3 cm³/mol. The first-order valence-electron chi connectivity index (χ1n) is 6.88. The van der Waals surface area contributed by atoms with Crippen LogP contribution < -0.4 is 5.32 Å². The van der Waals surface area contributed by atoms with E-state index in [0.717, 1.165) is 17.9 Å². The van der Waals surface area contributed by atoms with E-state index < -0.39 is 0 Å². The van der Waals surface area contributed by atoms with E-state index in [9.17, 15) is 5.11 Å². The second kappa shape index (κ2) is 7.12. The molecule has 0 aliphatic rings. The van der Waals surface area contributed by atoms with Crippen molar-refractivity contribution in [2.75, 3.05) is 6.54 Å². The third-order valence-electron chi connectivity index (χ3n) is 2.94. The molecule has 1 aromatic heterocycles. The molecule has 2 N–H and O–H groups in total. The molecule has 2 rings (SSSR count). The molecular formula is C14H21N5O. The zero-order valence-electron chi connectivity index (χ0n) is 11.9. The Morgan fingerprint density at radius 3 is 2.70 bits per heavy atom. The molecule has 1 unspecified atom stereocenters. The molecule has 0 aliphatic carbocycles. The summed E-state index contributed by atoms with van der Waals surface area (Å²) in [4.78, 5) is 0. The molecule has 1 heterocycles. The van der Waals surface area contributed by atoms with Gasteiger partial charge in [-0.05, 0) is 34.9 Å². The molecule has 0 aliphatic heterocycles. The van der Waals surface area contributed by atoms with Gasteiger partial charge in [-0.1, -0.05) is 32.0 Å². The van der Waals surface area contributed by atoms with Gasteiger partial charge in [-0.25, -0.2) is 0 Å². The predicted octanol–water partition coefficient (Wildman–Crippen LogP) is 1.16. The number of aliphatic hydroxyl groups excluding tert-OH is 1. The Kier molecular flexibility index (Phi) is 5.20. The number of hydrogen-bond donors (Lipinski definition) is 2. The van der Waals surface area contributed by atoms with Crippen molar-refractivity contribution in [3.8, 4) is 5.69 Å². The van der Waals surface area contributed by atoms with E-state index in [1.54, 1.807) is 4.68 Å². The Labute approximate surface area is 118 Å². The van der Waals surface area contributed by atoms with Crippen LogP contribution in [0.1, 0.15) is 26.1 Å². The number of nitrogens with zero attached hydrogens (tertiary/aromatic N) is 4. The fourth-order valence-corrected chi connectivity index (χ4v) is 2.06. The molecule has 2 aromatic rings. The van der Waals surface area contributed by atoms with Crippen molar-refractivity contribution >= 4 is 0 Å². The van der Waals surface area contributed by atoms with E-state index in [2.05, 4.69) is 34.7 Å². The lowest BCUT2D eigenvalue weighted by Crippen LogP contribution is -2.28. The average molecular weight is 275 g/mol. The number of aliphatic hydroxyl groups is 1. The normalized spacial score (nSPS) is 12.8. The number of tetrazole rings is 1. The van der Waals surface area contributed by atoms with E-state index in [1.807, 2.05) is 30.3 Å². The highest BCUT2D eigenvalue weighted by atomic mass is 16.3. The molecular weight excluding hydrogens is 254 g/mol. The summed E-state index contributed by atoms with van der Waals surface area (Å²) < 4.78 is 1.70. The Morgan fingerprint density at radius 1 is 1.25 bits per heavy atom. The zero-order chi connectivity index (χ0) is 14.4. The average Bonchev–Trinajstić information content (AvgIpc) is 2.87. The Balaban J connectivity index is 1.90. The van der Waals surface area contributed by atoms with Gasteiger partial charge in [0.05, 0.1) is 18.3 Å². The first kappa shape index (κ1) is 14.6. The fraction of sp³-hybridized carbons (Fsp3) is 0.500. The monoisotopic (exact) mass is 275 g/mol. The molecule has 1 aromatic carbocycles. The largest absolute Gasteiger partial charge is 0.392 e. The molecule has 0 radical (unpaired) electrons. The number of rotatable bonds is 7. The van der Waals surface area contributed by atoms with Gasteiger partial charge in [0.15, 0.2) is 5.82 Å². The molecule has 0 spiro atoms. The number of aromatic nitrogens is 4. The van der Waals surface area contributed by atoms with E-state index in [1.165, 1.54) is 0 Å². The van der Waals surface area contributed by atoms with Crippen molar-refractivity contribution in [1.29, 1.82) is 0 Å². The van der Waals surface area contributed by atoms with Gasteiger partial charge < -0.3 is 10.4 Å². The number of nitrogens with one attached hydrogen (secondary N) is 1. The van der Waals surface area contributed by atoms with Crippen molar-refractivity contribution in [1.82, 2.24) is 25.5 Å². The molecule has 108 valence electrons. The maximum absolute atomic E-state index is 9.81. The van der Waals surface area contributed by atoms with Crippen LogP contribution in [-0.2, 0) is 6.54 Å². The molecule has 0 bridgehead atoms. The quantitative estimate of drug-likeness (QED) is 0.793. The van der Waals surface area contributed by atoms with Gasteiger partial charge in [-0.3, -0.25) is 0 Å². The van der Waals surface area contributed by atoms with E-state index >= 15 is 0 Å². The van der Waals surface area contributed by atoms with Crippen molar-refractivity contribution in [2.45, 2.75) is 32.9 Å². The highest BCUT2D eigenvalue weighted by molar-refractivity contribution is 5.30. The summed E-state index contributed by atoms with van der Waals surface area (Å²) >= 11 is 0. The molecule has 6 nitrogen and oxygen atoms in total.